The first kappa shape index (κ1) is 12.8. The highest BCUT2D eigenvalue weighted by Crippen LogP contribution is 2.21. The van der Waals surface area contributed by atoms with E-state index < -0.39 is 0 Å². The van der Waals surface area contributed by atoms with E-state index in [-0.39, 0.29) is 6.10 Å². The van der Waals surface area contributed by atoms with Crippen LogP contribution in [0.1, 0.15) is 31.9 Å². The van der Waals surface area contributed by atoms with Gasteiger partial charge in [0.05, 0.1) is 6.10 Å². The maximum absolute atomic E-state index is 9.05. The van der Waals surface area contributed by atoms with E-state index in [0.29, 0.717) is 11.5 Å². The highest BCUT2D eigenvalue weighted by atomic mass is 16.5. The Hall–Kier alpha value is -1.67. The summed E-state index contributed by atoms with van der Waals surface area (Å²) in [6.07, 6.45) is 6.61. The van der Waals surface area contributed by atoms with Gasteiger partial charge in [0, 0.05) is 32.1 Å². The summed E-state index contributed by atoms with van der Waals surface area (Å²) >= 11 is 0. The number of hydrogen-bond acceptors (Lipinski definition) is 5. The first-order chi connectivity index (χ1) is 8.85. The van der Waals surface area contributed by atoms with Crippen LogP contribution in [-0.2, 0) is 4.74 Å². The maximum atomic E-state index is 9.05. The van der Waals surface area contributed by atoms with Crippen molar-refractivity contribution in [1.29, 1.82) is 5.26 Å². The molecule has 1 aliphatic rings. The normalized spacial score (nSPS) is 19.6. The van der Waals surface area contributed by atoms with Gasteiger partial charge in [0.2, 0.25) is 0 Å². The van der Waals surface area contributed by atoms with Crippen molar-refractivity contribution in [1.82, 2.24) is 9.97 Å². The molecule has 1 saturated heterocycles. The highest BCUT2D eigenvalue weighted by molar-refractivity contribution is 5.49. The van der Waals surface area contributed by atoms with Crippen molar-refractivity contribution in [2.24, 2.45) is 0 Å². The van der Waals surface area contributed by atoms with Gasteiger partial charge >= 0.3 is 0 Å². The van der Waals surface area contributed by atoms with E-state index in [0.717, 1.165) is 39.0 Å². The van der Waals surface area contributed by atoms with Gasteiger partial charge in [-0.1, -0.05) is 6.92 Å². The topological polar surface area (TPSA) is 62.0 Å². The minimum Gasteiger partial charge on any atom is -0.376 e. The number of anilines is 1. The molecular formula is C13H18N4O. The summed E-state index contributed by atoms with van der Waals surface area (Å²) in [4.78, 5) is 10.4. The Morgan fingerprint density at radius 3 is 3.11 bits per heavy atom. The highest BCUT2D eigenvalue weighted by Gasteiger charge is 2.23. The molecule has 0 amide bonds. The lowest BCUT2D eigenvalue weighted by molar-refractivity contribution is 0.0439. The fraction of sp³-hybridized carbons (Fsp3) is 0.615. The van der Waals surface area contributed by atoms with E-state index in [1.54, 1.807) is 12.4 Å². The second kappa shape index (κ2) is 6.31. The lowest BCUT2D eigenvalue weighted by Gasteiger charge is -2.33. The zero-order valence-electron chi connectivity index (χ0n) is 10.7. The van der Waals surface area contributed by atoms with Crippen LogP contribution in [0.15, 0.2) is 12.4 Å². The molecule has 1 atom stereocenters. The predicted molar refractivity (Wildman–Crippen MR) is 68.2 cm³/mol. The van der Waals surface area contributed by atoms with Crippen molar-refractivity contribution in [3.8, 4) is 6.07 Å². The van der Waals surface area contributed by atoms with Crippen LogP contribution in [-0.4, -0.2) is 35.8 Å². The molecule has 0 bridgehead atoms. The van der Waals surface area contributed by atoms with Crippen LogP contribution in [0.3, 0.4) is 0 Å². The zero-order valence-corrected chi connectivity index (χ0v) is 10.7. The monoisotopic (exact) mass is 246 g/mol. The molecule has 0 spiro atoms. The molecule has 0 aromatic carbocycles. The Morgan fingerprint density at radius 1 is 1.50 bits per heavy atom. The molecule has 0 radical (unpaired) electrons. The number of hydrogen-bond donors (Lipinski definition) is 0. The van der Waals surface area contributed by atoms with Gasteiger partial charge in [0.15, 0.2) is 11.5 Å². The number of rotatable bonds is 4. The third kappa shape index (κ3) is 2.96. The second-order valence-electron chi connectivity index (χ2n) is 4.42. The quantitative estimate of drug-likeness (QED) is 0.809. The molecule has 1 fully saturated rings. The van der Waals surface area contributed by atoms with Gasteiger partial charge in [0.25, 0.3) is 0 Å². The van der Waals surface area contributed by atoms with Gasteiger partial charge < -0.3 is 9.64 Å². The molecule has 1 aliphatic heterocycles. The van der Waals surface area contributed by atoms with E-state index in [4.69, 9.17) is 10.00 Å². The summed E-state index contributed by atoms with van der Waals surface area (Å²) in [7, 11) is 0. The lowest BCUT2D eigenvalue weighted by atomic mass is 10.1. The van der Waals surface area contributed by atoms with E-state index in [1.807, 2.05) is 0 Å². The molecule has 0 aliphatic carbocycles. The predicted octanol–water partition coefficient (Wildman–Crippen LogP) is 1.74. The number of aromatic nitrogens is 2. The molecule has 2 heterocycles. The van der Waals surface area contributed by atoms with E-state index in [2.05, 4.69) is 27.9 Å². The third-order valence-electron chi connectivity index (χ3n) is 3.02. The second-order valence-corrected chi connectivity index (χ2v) is 4.42. The Balaban J connectivity index is 2.06. The Kier molecular flexibility index (Phi) is 4.48. The largest absolute Gasteiger partial charge is 0.376 e. The van der Waals surface area contributed by atoms with Crippen LogP contribution >= 0.6 is 0 Å². The molecule has 0 saturated carbocycles. The van der Waals surface area contributed by atoms with Crippen LogP contribution in [0.4, 0.5) is 5.82 Å². The third-order valence-corrected chi connectivity index (χ3v) is 3.02. The van der Waals surface area contributed by atoms with Gasteiger partial charge in [-0.3, -0.25) is 0 Å². The van der Waals surface area contributed by atoms with Crippen LogP contribution < -0.4 is 4.90 Å². The summed E-state index contributed by atoms with van der Waals surface area (Å²) in [6, 6.07) is 2.09. The smallest absolute Gasteiger partial charge is 0.183 e. The molecule has 5 heteroatoms. The lowest BCUT2D eigenvalue weighted by Crippen LogP contribution is -2.40. The minimum atomic E-state index is 0.243. The van der Waals surface area contributed by atoms with E-state index in [9.17, 15) is 0 Å². The fourth-order valence-corrected chi connectivity index (χ4v) is 2.19. The molecule has 18 heavy (non-hydrogen) atoms. The molecular weight excluding hydrogens is 228 g/mol. The molecule has 1 aromatic heterocycles. The molecule has 96 valence electrons. The summed E-state index contributed by atoms with van der Waals surface area (Å²) in [5.41, 5.74) is 0.397. The Labute approximate surface area is 107 Å². The summed E-state index contributed by atoms with van der Waals surface area (Å²) in [6.45, 7) is 4.62. The first-order valence-electron chi connectivity index (χ1n) is 6.42. The number of ether oxygens (including phenoxy) is 1. The molecule has 5 nitrogen and oxygen atoms in total. The van der Waals surface area contributed by atoms with Crippen LogP contribution in [0, 0.1) is 11.3 Å². The van der Waals surface area contributed by atoms with Crippen molar-refractivity contribution in [3.05, 3.63) is 18.1 Å². The van der Waals surface area contributed by atoms with Crippen LogP contribution in [0.25, 0.3) is 0 Å². The van der Waals surface area contributed by atoms with Crippen LogP contribution in [0.5, 0.6) is 0 Å². The average Bonchev–Trinajstić information content (AvgIpc) is 2.45. The van der Waals surface area contributed by atoms with Gasteiger partial charge in [-0.25, -0.2) is 9.97 Å². The minimum absolute atomic E-state index is 0.243. The van der Waals surface area contributed by atoms with Crippen molar-refractivity contribution < 1.29 is 4.74 Å². The van der Waals surface area contributed by atoms with Gasteiger partial charge in [-0.2, -0.15) is 5.26 Å². The number of piperidine rings is 1. The average molecular weight is 246 g/mol. The number of nitrogens with zero attached hydrogens (tertiary/aromatic N) is 4. The molecule has 2 rings (SSSR count). The van der Waals surface area contributed by atoms with E-state index >= 15 is 0 Å². The van der Waals surface area contributed by atoms with Gasteiger partial charge in [-0.15, -0.1) is 0 Å². The van der Waals surface area contributed by atoms with Gasteiger partial charge in [-0.05, 0) is 19.3 Å². The van der Waals surface area contributed by atoms with Gasteiger partial charge in [0.1, 0.15) is 6.07 Å². The molecule has 0 N–H and O–H groups in total. The maximum Gasteiger partial charge on any atom is 0.183 e. The van der Waals surface area contributed by atoms with Crippen molar-refractivity contribution in [3.63, 3.8) is 0 Å². The fourth-order valence-electron chi connectivity index (χ4n) is 2.19. The van der Waals surface area contributed by atoms with Crippen molar-refractivity contribution in [2.75, 3.05) is 24.6 Å². The summed E-state index contributed by atoms with van der Waals surface area (Å²) < 4.78 is 5.78. The molecule has 1 unspecified atom stereocenters. The van der Waals surface area contributed by atoms with E-state index in [1.165, 1.54) is 0 Å². The van der Waals surface area contributed by atoms with Crippen LogP contribution in [0.2, 0.25) is 0 Å². The summed E-state index contributed by atoms with van der Waals surface area (Å²) in [5, 5.41) is 9.05. The zero-order chi connectivity index (χ0) is 12.8. The van der Waals surface area contributed by atoms with Crippen molar-refractivity contribution in [2.45, 2.75) is 32.3 Å². The Morgan fingerprint density at radius 2 is 2.33 bits per heavy atom. The molecule has 1 aromatic rings. The standard InChI is InChI=1S/C13H18N4O/c1-2-8-18-11-4-3-7-17(10-11)13-12(9-14)15-5-6-16-13/h5-6,11H,2-4,7-8,10H2,1H3. The van der Waals surface area contributed by atoms with Crippen molar-refractivity contribution >= 4 is 5.82 Å². The number of nitriles is 1. The first-order valence-corrected chi connectivity index (χ1v) is 6.42. The SMILES string of the molecule is CCCOC1CCCN(c2nccnc2C#N)C1. The summed E-state index contributed by atoms with van der Waals surface area (Å²) in [5.74, 6) is 0.685. The Bertz CT molecular complexity index is 429.